The number of nitrogens with one attached hydrogen (secondary N) is 2. The molecule has 6 rings (SSSR count). The van der Waals surface area contributed by atoms with Crippen molar-refractivity contribution in [3.05, 3.63) is 89.0 Å². The molecule has 0 aromatic heterocycles. The maximum atomic E-state index is 13.2. The average molecular weight is 729 g/mol. The first-order valence-corrected chi connectivity index (χ1v) is 17.8. The first-order valence-electron chi connectivity index (χ1n) is 17.8. The van der Waals surface area contributed by atoms with Gasteiger partial charge >= 0.3 is 6.09 Å². The van der Waals surface area contributed by atoms with Crippen molar-refractivity contribution >= 4 is 35.4 Å². The van der Waals surface area contributed by atoms with E-state index >= 15 is 0 Å². The summed E-state index contributed by atoms with van der Waals surface area (Å²) < 4.78 is 28.0. The van der Waals surface area contributed by atoms with E-state index in [1.165, 1.54) is 27.2 Å². The number of amides is 5. The third-order valence-electron chi connectivity index (χ3n) is 9.36. The van der Waals surface area contributed by atoms with Crippen LogP contribution in [-0.4, -0.2) is 125 Å². The van der Waals surface area contributed by atoms with Crippen LogP contribution in [0.5, 0.6) is 0 Å². The summed E-state index contributed by atoms with van der Waals surface area (Å²) in [6, 6.07) is 20.4. The number of ether oxygens (including phenoxy) is 5. The summed E-state index contributed by atoms with van der Waals surface area (Å²) in [7, 11) is 1.69. The minimum Gasteiger partial charge on any atom is -0.448 e. The number of hydrogen-bond acceptors (Lipinski definition) is 11. The lowest BCUT2D eigenvalue weighted by Crippen LogP contribution is -2.54. The molecule has 14 heteroatoms. The average Bonchev–Trinajstić information content (AvgIpc) is 3.62. The standard InChI is InChI=1S/C39H44N4O10/c1-42(39(48)53-25-31-28-9-4-2-7-26(28)27-8-3-5-10-29(27)31)16-18-50-20-22-52-24-23-51-21-19-49-17-15-40-32-12-6-11-30-35(32)38(47)43(37(30)46)33-13-14-34(44)41-36(33)45/h2-12,31,33,40H,13-25H2,1H3,(H,41,44,45). The summed E-state index contributed by atoms with van der Waals surface area (Å²) in [5.74, 6) is -2.17. The molecule has 280 valence electrons. The zero-order valence-corrected chi connectivity index (χ0v) is 29.7. The van der Waals surface area contributed by atoms with Crippen LogP contribution in [0.2, 0.25) is 0 Å². The molecule has 3 aromatic carbocycles. The Bertz CT molecular complexity index is 1770. The number of imide groups is 2. The van der Waals surface area contributed by atoms with E-state index in [1.807, 2.05) is 24.3 Å². The molecular weight excluding hydrogens is 684 g/mol. The molecule has 0 spiro atoms. The highest BCUT2D eigenvalue weighted by Gasteiger charge is 2.45. The lowest BCUT2D eigenvalue weighted by Gasteiger charge is -2.27. The highest BCUT2D eigenvalue weighted by atomic mass is 16.6. The van der Waals surface area contributed by atoms with Gasteiger partial charge in [-0.1, -0.05) is 54.6 Å². The van der Waals surface area contributed by atoms with E-state index in [9.17, 15) is 24.0 Å². The number of likely N-dealkylation sites (N-methyl/N-ethyl adjacent to an activating group) is 1. The molecule has 1 fully saturated rings. The molecule has 1 atom stereocenters. The molecule has 3 aliphatic rings. The molecule has 3 aromatic rings. The van der Waals surface area contributed by atoms with Crippen LogP contribution in [0.15, 0.2) is 66.7 Å². The molecular formula is C39H44N4O10. The summed E-state index contributed by atoms with van der Waals surface area (Å²) in [4.78, 5) is 65.1. The molecule has 14 nitrogen and oxygen atoms in total. The van der Waals surface area contributed by atoms with Crippen molar-refractivity contribution in [1.29, 1.82) is 0 Å². The second kappa shape index (κ2) is 18.1. The Morgan fingerprint density at radius 1 is 0.755 bits per heavy atom. The summed E-state index contributed by atoms with van der Waals surface area (Å²) in [6.45, 7) is 4.02. The Balaban J connectivity index is 0.766. The van der Waals surface area contributed by atoms with E-state index in [1.54, 1.807) is 25.2 Å². The second-order valence-corrected chi connectivity index (χ2v) is 12.8. The van der Waals surface area contributed by atoms with Gasteiger partial charge in [0.1, 0.15) is 12.6 Å². The van der Waals surface area contributed by atoms with Gasteiger partial charge in [0, 0.05) is 38.2 Å². The van der Waals surface area contributed by atoms with Crippen LogP contribution in [0, 0.1) is 0 Å². The van der Waals surface area contributed by atoms with Crippen LogP contribution >= 0.6 is 0 Å². The largest absolute Gasteiger partial charge is 0.448 e. The summed E-state index contributed by atoms with van der Waals surface area (Å²) in [5, 5.41) is 5.33. The SMILES string of the molecule is CN(CCOCCOCCOCCOCCNc1cccc2c1C(=O)N(C1CCC(=O)NC1=O)C2=O)C(=O)OCC1c2ccccc2-c2ccccc21. The van der Waals surface area contributed by atoms with Crippen LogP contribution in [0.25, 0.3) is 11.1 Å². The second-order valence-electron chi connectivity index (χ2n) is 12.8. The van der Waals surface area contributed by atoms with Crippen molar-refractivity contribution in [2.75, 3.05) is 84.9 Å². The monoisotopic (exact) mass is 728 g/mol. The molecule has 0 saturated carbocycles. The van der Waals surface area contributed by atoms with Crippen molar-refractivity contribution in [2.45, 2.75) is 24.8 Å². The predicted molar refractivity (Wildman–Crippen MR) is 193 cm³/mol. The van der Waals surface area contributed by atoms with Crippen LogP contribution in [-0.2, 0) is 33.3 Å². The van der Waals surface area contributed by atoms with Crippen molar-refractivity contribution in [2.24, 2.45) is 0 Å². The Labute approximate surface area is 307 Å². The number of anilines is 1. The smallest absolute Gasteiger partial charge is 0.409 e. The third-order valence-corrected chi connectivity index (χ3v) is 9.36. The van der Waals surface area contributed by atoms with Gasteiger partial charge in [-0.15, -0.1) is 0 Å². The number of piperidine rings is 1. The highest BCUT2D eigenvalue weighted by molar-refractivity contribution is 6.25. The third kappa shape index (κ3) is 8.91. The minimum atomic E-state index is -1.02. The summed E-state index contributed by atoms with van der Waals surface area (Å²) in [6.07, 6.45) is -0.229. The molecule has 1 unspecified atom stereocenters. The van der Waals surface area contributed by atoms with E-state index in [-0.39, 0.29) is 36.5 Å². The van der Waals surface area contributed by atoms with Crippen LogP contribution < -0.4 is 10.6 Å². The van der Waals surface area contributed by atoms with E-state index in [2.05, 4.69) is 34.9 Å². The van der Waals surface area contributed by atoms with Gasteiger partial charge in [0.2, 0.25) is 11.8 Å². The Morgan fingerprint density at radius 3 is 1.98 bits per heavy atom. The number of nitrogens with zero attached hydrogens (tertiary/aromatic N) is 2. The number of benzene rings is 3. The molecule has 5 amide bonds. The Morgan fingerprint density at radius 2 is 1.34 bits per heavy atom. The van der Waals surface area contributed by atoms with Crippen LogP contribution in [0.3, 0.4) is 0 Å². The van der Waals surface area contributed by atoms with Crippen molar-refractivity contribution in [3.63, 3.8) is 0 Å². The summed E-state index contributed by atoms with van der Waals surface area (Å²) in [5.41, 5.74) is 5.61. The lowest BCUT2D eigenvalue weighted by molar-refractivity contribution is -0.136. The Hall–Kier alpha value is -5.15. The molecule has 2 N–H and O–H groups in total. The quantitative estimate of drug-likeness (QED) is 0.137. The van der Waals surface area contributed by atoms with Crippen molar-refractivity contribution < 1.29 is 47.7 Å². The zero-order valence-electron chi connectivity index (χ0n) is 29.7. The highest BCUT2D eigenvalue weighted by Crippen LogP contribution is 2.44. The maximum absolute atomic E-state index is 13.2. The number of carbonyl (C=O) groups excluding carboxylic acids is 5. The van der Waals surface area contributed by atoms with Gasteiger partial charge in [-0.2, -0.15) is 0 Å². The van der Waals surface area contributed by atoms with E-state index < -0.39 is 35.8 Å². The van der Waals surface area contributed by atoms with Crippen molar-refractivity contribution in [3.8, 4) is 11.1 Å². The maximum Gasteiger partial charge on any atom is 0.409 e. The van der Waals surface area contributed by atoms with Gasteiger partial charge in [-0.05, 0) is 40.8 Å². The molecule has 2 aliphatic heterocycles. The van der Waals surface area contributed by atoms with E-state index in [0.717, 1.165) is 4.90 Å². The Kier molecular flexibility index (Phi) is 12.8. The van der Waals surface area contributed by atoms with Gasteiger partial charge in [-0.25, -0.2) is 4.79 Å². The van der Waals surface area contributed by atoms with Gasteiger partial charge in [0.25, 0.3) is 11.8 Å². The molecule has 0 radical (unpaired) electrons. The minimum absolute atomic E-state index is 0.0152. The molecule has 0 bridgehead atoms. The molecule has 53 heavy (non-hydrogen) atoms. The number of hydrogen-bond donors (Lipinski definition) is 2. The number of carbonyl (C=O) groups is 5. The van der Waals surface area contributed by atoms with Gasteiger partial charge in [0.15, 0.2) is 0 Å². The van der Waals surface area contributed by atoms with Gasteiger partial charge < -0.3 is 33.9 Å². The van der Waals surface area contributed by atoms with Crippen LogP contribution in [0.1, 0.15) is 50.6 Å². The number of fused-ring (bicyclic) bond motifs is 4. The van der Waals surface area contributed by atoms with Crippen molar-refractivity contribution in [1.82, 2.24) is 15.1 Å². The fourth-order valence-corrected chi connectivity index (χ4v) is 6.68. The fraction of sp³-hybridized carbons (Fsp3) is 0.410. The van der Waals surface area contributed by atoms with Crippen LogP contribution in [0.4, 0.5) is 10.5 Å². The first kappa shape index (κ1) is 37.6. The van der Waals surface area contributed by atoms with Gasteiger partial charge in [-0.3, -0.25) is 29.4 Å². The normalized spacial score (nSPS) is 16.3. The number of rotatable bonds is 19. The molecule has 1 saturated heterocycles. The molecule has 1 aliphatic carbocycles. The topological polar surface area (TPSA) is 162 Å². The lowest BCUT2D eigenvalue weighted by atomic mass is 9.98. The molecule has 2 heterocycles. The van der Waals surface area contributed by atoms with Gasteiger partial charge in [0.05, 0.1) is 64.0 Å². The fourth-order valence-electron chi connectivity index (χ4n) is 6.68. The van der Waals surface area contributed by atoms with E-state index in [4.69, 9.17) is 23.7 Å². The summed E-state index contributed by atoms with van der Waals surface area (Å²) >= 11 is 0. The first-order chi connectivity index (χ1) is 25.8. The zero-order chi connectivity index (χ0) is 37.2. The predicted octanol–water partition coefficient (Wildman–Crippen LogP) is 3.45. The van der Waals surface area contributed by atoms with E-state index in [0.29, 0.717) is 71.6 Å².